The van der Waals surface area contributed by atoms with Crippen LogP contribution in [0, 0.1) is 6.92 Å². The smallest absolute Gasteiger partial charge is 0.262 e. The van der Waals surface area contributed by atoms with Gasteiger partial charge in [-0.25, -0.2) is 0 Å². The van der Waals surface area contributed by atoms with Crippen molar-refractivity contribution in [3.8, 4) is 11.5 Å². The van der Waals surface area contributed by atoms with Crippen molar-refractivity contribution in [2.45, 2.75) is 13.8 Å². The SMILES string of the molecule is CCOCCOc1cccc(NC(=O)COc2ccccc2C)c1. The Morgan fingerprint density at radius 1 is 1.04 bits per heavy atom. The lowest BCUT2D eigenvalue weighted by Crippen LogP contribution is -2.20. The van der Waals surface area contributed by atoms with Gasteiger partial charge in [-0.3, -0.25) is 4.79 Å². The van der Waals surface area contributed by atoms with Crippen molar-refractivity contribution in [3.63, 3.8) is 0 Å². The van der Waals surface area contributed by atoms with E-state index in [9.17, 15) is 4.79 Å². The number of aryl methyl sites for hydroxylation is 1. The fraction of sp³-hybridized carbons (Fsp3) is 0.316. The van der Waals surface area contributed by atoms with Crippen LogP contribution in [-0.4, -0.2) is 32.3 Å². The van der Waals surface area contributed by atoms with Gasteiger partial charge in [-0.2, -0.15) is 0 Å². The van der Waals surface area contributed by atoms with Crippen molar-refractivity contribution >= 4 is 11.6 Å². The van der Waals surface area contributed by atoms with E-state index in [1.807, 2.05) is 50.2 Å². The van der Waals surface area contributed by atoms with Crippen LogP contribution in [-0.2, 0) is 9.53 Å². The summed E-state index contributed by atoms with van der Waals surface area (Å²) < 4.78 is 16.3. The van der Waals surface area contributed by atoms with E-state index in [0.717, 1.165) is 5.56 Å². The second-order valence-electron chi connectivity index (χ2n) is 5.18. The summed E-state index contributed by atoms with van der Waals surface area (Å²) in [6, 6.07) is 14.8. The Balaban J connectivity index is 1.82. The highest BCUT2D eigenvalue weighted by molar-refractivity contribution is 5.92. The van der Waals surface area contributed by atoms with Gasteiger partial charge in [0.15, 0.2) is 6.61 Å². The lowest BCUT2D eigenvalue weighted by Gasteiger charge is -2.11. The van der Waals surface area contributed by atoms with Crippen LogP contribution < -0.4 is 14.8 Å². The number of para-hydroxylation sites is 1. The largest absolute Gasteiger partial charge is 0.491 e. The van der Waals surface area contributed by atoms with E-state index in [1.165, 1.54) is 0 Å². The molecule has 128 valence electrons. The second-order valence-corrected chi connectivity index (χ2v) is 5.18. The van der Waals surface area contributed by atoms with Gasteiger partial charge in [0, 0.05) is 18.4 Å². The average molecular weight is 329 g/mol. The van der Waals surface area contributed by atoms with Crippen LogP contribution in [0.4, 0.5) is 5.69 Å². The molecule has 0 saturated carbocycles. The molecular weight excluding hydrogens is 306 g/mol. The minimum Gasteiger partial charge on any atom is -0.491 e. The van der Waals surface area contributed by atoms with Crippen molar-refractivity contribution in [1.82, 2.24) is 0 Å². The third-order valence-electron chi connectivity index (χ3n) is 3.27. The van der Waals surface area contributed by atoms with Gasteiger partial charge in [-0.1, -0.05) is 24.3 Å². The molecule has 1 amide bonds. The molecule has 0 aliphatic rings. The van der Waals surface area contributed by atoms with Gasteiger partial charge < -0.3 is 19.5 Å². The first kappa shape index (κ1) is 17.8. The van der Waals surface area contributed by atoms with Gasteiger partial charge in [0.2, 0.25) is 0 Å². The third kappa shape index (κ3) is 5.93. The molecule has 5 heteroatoms. The molecule has 0 bridgehead atoms. The highest BCUT2D eigenvalue weighted by atomic mass is 16.5. The molecule has 0 aliphatic carbocycles. The normalized spacial score (nSPS) is 10.2. The van der Waals surface area contributed by atoms with E-state index >= 15 is 0 Å². The van der Waals surface area contributed by atoms with E-state index in [2.05, 4.69) is 5.32 Å². The summed E-state index contributed by atoms with van der Waals surface area (Å²) in [5, 5.41) is 2.80. The van der Waals surface area contributed by atoms with Crippen LogP contribution >= 0.6 is 0 Å². The van der Waals surface area contributed by atoms with Crippen LogP contribution in [0.5, 0.6) is 11.5 Å². The number of hydrogen-bond acceptors (Lipinski definition) is 4. The van der Waals surface area contributed by atoms with Crippen LogP contribution in [0.15, 0.2) is 48.5 Å². The maximum Gasteiger partial charge on any atom is 0.262 e. The molecule has 2 aromatic carbocycles. The van der Waals surface area contributed by atoms with Gasteiger partial charge >= 0.3 is 0 Å². The fourth-order valence-electron chi connectivity index (χ4n) is 2.09. The molecule has 24 heavy (non-hydrogen) atoms. The maximum absolute atomic E-state index is 12.0. The van der Waals surface area contributed by atoms with Gasteiger partial charge in [0.25, 0.3) is 5.91 Å². The van der Waals surface area contributed by atoms with Crippen molar-refractivity contribution in [1.29, 1.82) is 0 Å². The number of carbonyl (C=O) groups excluding carboxylic acids is 1. The zero-order valence-corrected chi connectivity index (χ0v) is 14.1. The molecular formula is C19H23NO4. The molecule has 0 unspecified atom stereocenters. The van der Waals surface area contributed by atoms with Crippen molar-refractivity contribution in [2.24, 2.45) is 0 Å². The highest BCUT2D eigenvalue weighted by Crippen LogP contribution is 2.18. The molecule has 2 aromatic rings. The Morgan fingerprint density at radius 3 is 2.67 bits per heavy atom. The van der Waals surface area contributed by atoms with Gasteiger partial charge in [0.05, 0.1) is 6.61 Å². The Morgan fingerprint density at radius 2 is 1.88 bits per heavy atom. The minimum absolute atomic E-state index is 0.0414. The molecule has 5 nitrogen and oxygen atoms in total. The zero-order chi connectivity index (χ0) is 17.2. The molecule has 0 heterocycles. The van der Waals surface area contributed by atoms with E-state index in [1.54, 1.807) is 12.1 Å². The number of benzene rings is 2. The van der Waals surface area contributed by atoms with Crippen molar-refractivity contribution in [2.75, 3.05) is 31.7 Å². The third-order valence-corrected chi connectivity index (χ3v) is 3.27. The molecule has 1 N–H and O–H groups in total. The predicted molar refractivity (Wildman–Crippen MR) is 93.7 cm³/mol. The van der Waals surface area contributed by atoms with Crippen LogP contribution in [0.25, 0.3) is 0 Å². The van der Waals surface area contributed by atoms with Crippen LogP contribution in [0.1, 0.15) is 12.5 Å². The van der Waals surface area contributed by atoms with Crippen LogP contribution in [0.2, 0.25) is 0 Å². The summed E-state index contributed by atoms with van der Waals surface area (Å²) in [5.41, 5.74) is 1.66. The van der Waals surface area contributed by atoms with E-state index in [4.69, 9.17) is 14.2 Å². The molecule has 0 aliphatic heterocycles. The van der Waals surface area contributed by atoms with Gasteiger partial charge in [-0.15, -0.1) is 0 Å². The standard InChI is InChI=1S/C19H23NO4/c1-3-22-11-12-23-17-9-6-8-16(13-17)20-19(21)14-24-18-10-5-4-7-15(18)2/h4-10,13H,3,11-12,14H2,1-2H3,(H,20,21). The highest BCUT2D eigenvalue weighted by Gasteiger charge is 2.06. The number of amides is 1. The number of rotatable bonds is 9. The number of anilines is 1. The summed E-state index contributed by atoms with van der Waals surface area (Å²) in [7, 11) is 0. The minimum atomic E-state index is -0.218. The lowest BCUT2D eigenvalue weighted by molar-refractivity contribution is -0.118. The number of carbonyl (C=O) groups is 1. The quantitative estimate of drug-likeness (QED) is 0.716. The number of nitrogens with one attached hydrogen (secondary N) is 1. The summed E-state index contributed by atoms with van der Waals surface area (Å²) in [6.07, 6.45) is 0. The Bertz CT molecular complexity index is 657. The Hall–Kier alpha value is -2.53. The summed E-state index contributed by atoms with van der Waals surface area (Å²) in [5.74, 6) is 1.18. The summed E-state index contributed by atoms with van der Waals surface area (Å²) in [6.45, 7) is 5.52. The van der Waals surface area contributed by atoms with E-state index in [0.29, 0.717) is 37.0 Å². The molecule has 0 saturated heterocycles. The summed E-state index contributed by atoms with van der Waals surface area (Å²) >= 11 is 0. The second kappa shape index (κ2) is 9.57. The first-order valence-corrected chi connectivity index (χ1v) is 7.98. The van der Waals surface area contributed by atoms with Gasteiger partial charge in [-0.05, 0) is 37.6 Å². The predicted octanol–water partition coefficient (Wildman–Crippen LogP) is 3.43. The van der Waals surface area contributed by atoms with Gasteiger partial charge in [0.1, 0.15) is 18.1 Å². The van der Waals surface area contributed by atoms with E-state index < -0.39 is 0 Å². The molecule has 0 atom stereocenters. The number of hydrogen-bond donors (Lipinski definition) is 1. The van der Waals surface area contributed by atoms with Crippen molar-refractivity contribution < 1.29 is 19.0 Å². The Kier molecular flexibility index (Phi) is 7.11. The molecule has 0 spiro atoms. The first-order chi connectivity index (χ1) is 11.7. The summed E-state index contributed by atoms with van der Waals surface area (Å²) in [4.78, 5) is 12.0. The topological polar surface area (TPSA) is 56.8 Å². The lowest BCUT2D eigenvalue weighted by atomic mass is 10.2. The fourth-order valence-corrected chi connectivity index (χ4v) is 2.09. The average Bonchev–Trinajstić information content (AvgIpc) is 2.58. The molecule has 0 aromatic heterocycles. The first-order valence-electron chi connectivity index (χ1n) is 7.98. The van der Waals surface area contributed by atoms with E-state index in [-0.39, 0.29) is 12.5 Å². The molecule has 0 fully saturated rings. The van der Waals surface area contributed by atoms with Crippen molar-refractivity contribution in [3.05, 3.63) is 54.1 Å². The molecule has 2 rings (SSSR count). The number of ether oxygens (including phenoxy) is 3. The Labute approximate surface area is 142 Å². The molecule has 0 radical (unpaired) electrons. The zero-order valence-electron chi connectivity index (χ0n) is 14.1. The monoisotopic (exact) mass is 329 g/mol. The van der Waals surface area contributed by atoms with Crippen LogP contribution in [0.3, 0.4) is 0 Å². The maximum atomic E-state index is 12.0.